The SMILES string of the molecule is CCS(=O)(=O)c1ccc(NC(=O)Nc2cc(F)ccc2CNC(C)(C)C(=O)Nc2ccc(C#N)c(C3CC3)c2)cc1. The lowest BCUT2D eigenvalue weighted by Gasteiger charge is -2.26. The molecule has 1 aliphatic carbocycles. The average molecular weight is 578 g/mol. The van der Waals surface area contributed by atoms with Gasteiger partial charge in [0.25, 0.3) is 0 Å². The minimum atomic E-state index is -3.37. The van der Waals surface area contributed by atoms with Gasteiger partial charge in [0.05, 0.1) is 27.8 Å². The lowest BCUT2D eigenvalue weighted by Crippen LogP contribution is -2.49. The Bertz CT molecular complexity index is 1610. The minimum Gasteiger partial charge on any atom is -0.324 e. The first-order chi connectivity index (χ1) is 19.4. The van der Waals surface area contributed by atoms with E-state index in [1.165, 1.54) is 42.5 Å². The third-order valence-corrected chi connectivity index (χ3v) is 8.66. The predicted molar refractivity (Wildman–Crippen MR) is 156 cm³/mol. The van der Waals surface area contributed by atoms with Crippen LogP contribution in [0.3, 0.4) is 0 Å². The smallest absolute Gasteiger partial charge is 0.323 e. The molecular formula is C30H32FN5O4S. The summed E-state index contributed by atoms with van der Waals surface area (Å²) in [6.07, 6.45) is 2.06. The van der Waals surface area contributed by atoms with Gasteiger partial charge in [-0.2, -0.15) is 5.26 Å². The van der Waals surface area contributed by atoms with Crippen LogP contribution in [0.15, 0.2) is 65.6 Å². The second kappa shape index (κ2) is 12.1. The molecule has 0 saturated heterocycles. The molecule has 3 aromatic rings. The van der Waals surface area contributed by atoms with E-state index in [0.717, 1.165) is 18.4 Å². The molecule has 0 spiro atoms. The van der Waals surface area contributed by atoms with Gasteiger partial charge in [0, 0.05) is 23.6 Å². The number of nitriles is 1. The zero-order valence-corrected chi connectivity index (χ0v) is 23.9. The number of amides is 3. The van der Waals surface area contributed by atoms with Gasteiger partial charge < -0.3 is 16.0 Å². The van der Waals surface area contributed by atoms with Crippen molar-refractivity contribution >= 4 is 38.8 Å². The molecule has 0 unspecified atom stereocenters. The molecule has 1 saturated carbocycles. The Kier molecular flexibility index (Phi) is 8.75. The molecule has 11 heteroatoms. The van der Waals surface area contributed by atoms with Crippen molar-refractivity contribution < 1.29 is 22.4 Å². The average Bonchev–Trinajstić information content (AvgIpc) is 3.78. The summed E-state index contributed by atoms with van der Waals surface area (Å²) in [5.74, 6) is -0.536. The molecule has 0 aromatic heterocycles. The summed E-state index contributed by atoms with van der Waals surface area (Å²) in [4.78, 5) is 25.9. The zero-order chi connectivity index (χ0) is 29.8. The van der Waals surface area contributed by atoms with E-state index in [2.05, 4.69) is 27.3 Å². The summed E-state index contributed by atoms with van der Waals surface area (Å²) in [5.41, 5.74) is 2.23. The van der Waals surface area contributed by atoms with E-state index in [1.807, 2.05) is 6.07 Å². The number of carbonyl (C=O) groups is 2. The lowest BCUT2D eigenvalue weighted by molar-refractivity contribution is -0.121. The van der Waals surface area contributed by atoms with Gasteiger partial charge in [-0.25, -0.2) is 17.6 Å². The molecule has 214 valence electrons. The first-order valence-electron chi connectivity index (χ1n) is 13.2. The van der Waals surface area contributed by atoms with Crippen molar-refractivity contribution in [3.63, 3.8) is 0 Å². The number of hydrogen-bond acceptors (Lipinski definition) is 6. The Morgan fingerprint density at radius 3 is 2.29 bits per heavy atom. The van der Waals surface area contributed by atoms with E-state index in [0.29, 0.717) is 28.4 Å². The molecule has 1 aliphatic rings. The van der Waals surface area contributed by atoms with Crippen LogP contribution in [0, 0.1) is 17.1 Å². The topological polar surface area (TPSA) is 140 Å². The van der Waals surface area contributed by atoms with E-state index in [-0.39, 0.29) is 28.8 Å². The number of nitrogens with zero attached hydrogens (tertiary/aromatic N) is 1. The molecule has 3 amide bonds. The fraction of sp³-hybridized carbons (Fsp3) is 0.300. The Morgan fingerprint density at radius 1 is 0.976 bits per heavy atom. The van der Waals surface area contributed by atoms with Gasteiger partial charge in [0.2, 0.25) is 5.91 Å². The molecule has 0 atom stereocenters. The molecule has 41 heavy (non-hydrogen) atoms. The monoisotopic (exact) mass is 577 g/mol. The highest BCUT2D eigenvalue weighted by Crippen LogP contribution is 2.42. The predicted octanol–water partition coefficient (Wildman–Crippen LogP) is 5.52. The summed E-state index contributed by atoms with van der Waals surface area (Å²) >= 11 is 0. The Labute approximate surface area is 239 Å². The first-order valence-corrected chi connectivity index (χ1v) is 14.9. The van der Waals surface area contributed by atoms with Gasteiger partial charge in [-0.05, 0) is 98.3 Å². The van der Waals surface area contributed by atoms with Crippen molar-refractivity contribution in [3.05, 3.63) is 83.2 Å². The second-order valence-corrected chi connectivity index (χ2v) is 12.7. The number of carbonyl (C=O) groups excluding carboxylic acids is 2. The number of halogens is 1. The largest absolute Gasteiger partial charge is 0.324 e. The highest BCUT2D eigenvalue weighted by molar-refractivity contribution is 7.91. The minimum absolute atomic E-state index is 0.0358. The molecule has 3 aromatic carbocycles. The fourth-order valence-corrected chi connectivity index (χ4v) is 5.06. The van der Waals surface area contributed by atoms with Crippen LogP contribution >= 0.6 is 0 Å². The third kappa shape index (κ3) is 7.48. The first kappa shape index (κ1) is 29.7. The van der Waals surface area contributed by atoms with E-state index in [1.54, 1.807) is 32.9 Å². The summed E-state index contributed by atoms with van der Waals surface area (Å²) in [7, 11) is -3.37. The molecule has 0 bridgehead atoms. The van der Waals surface area contributed by atoms with Crippen LogP contribution < -0.4 is 21.3 Å². The highest BCUT2D eigenvalue weighted by Gasteiger charge is 2.29. The van der Waals surface area contributed by atoms with Crippen molar-refractivity contribution in [1.82, 2.24) is 5.32 Å². The molecule has 4 N–H and O–H groups in total. The number of urea groups is 1. The van der Waals surface area contributed by atoms with Crippen molar-refractivity contribution in [3.8, 4) is 6.07 Å². The van der Waals surface area contributed by atoms with Crippen molar-refractivity contribution in [2.75, 3.05) is 21.7 Å². The number of anilines is 3. The van der Waals surface area contributed by atoms with Crippen LogP contribution in [0.2, 0.25) is 0 Å². The van der Waals surface area contributed by atoms with Gasteiger partial charge in [-0.1, -0.05) is 13.0 Å². The van der Waals surface area contributed by atoms with Crippen LogP contribution in [0.25, 0.3) is 0 Å². The summed E-state index contributed by atoms with van der Waals surface area (Å²) in [6.45, 7) is 5.10. The summed E-state index contributed by atoms with van der Waals surface area (Å²) < 4.78 is 38.1. The maximum atomic E-state index is 14.1. The van der Waals surface area contributed by atoms with E-state index in [4.69, 9.17) is 0 Å². The molecule has 0 aliphatic heterocycles. The van der Waals surface area contributed by atoms with Crippen LogP contribution in [-0.4, -0.2) is 31.6 Å². The number of hydrogen-bond donors (Lipinski definition) is 4. The summed E-state index contributed by atoms with van der Waals surface area (Å²) in [6, 6.07) is 16.5. The fourth-order valence-electron chi connectivity index (χ4n) is 4.17. The Balaban J connectivity index is 1.40. The van der Waals surface area contributed by atoms with Gasteiger partial charge in [-0.3, -0.25) is 10.1 Å². The number of benzene rings is 3. The standard InChI is InChI=1S/C30H32FN5O4S/c1-4-41(39,40)25-13-11-23(12-14-25)35-29(38)36-27-15-22(31)9-7-21(27)18-33-30(2,3)28(37)34-24-10-8-20(17-32)26(16-24)19-5-6-19/h7-16,19,33H,4-6,18H2,1-3H3,(H,34,37)(H2,35,36,38). The van der Waals surface area contributed by atoms with Crippen molar-refractivity contribution in [1.29, 1.82) is 5.26 Å². The summed E-state index contributed by atoms with van der Waals surface area (Å²) in [5, 5.41) is 20.7. The Hall–Kier alpha value is -4.27. The van der Waals surface area contributed by atoms with Crippen LogP contribution in [0.4, 0.5) is 26.2 Å². The highest BCUT2D eigenvalue weighted by atomic mass is 32.2. The van der Waals surface area contributed by atoms with Gasteiger partial charge >= 0.3 is 6.03 Å². The van der Waals surface area contributed by atoms with E-state index < -0.39 is 27.2 Å². The molecule has 0 heterocycles. The third-order valence-electron chi connectivity index (χ3n) is 6.91. The number of sulfone groups is 1. The van der Waals surface area contributed by atoms with Gasteiger partial charge in [-0.15, -0.1) is 0 Å². The molecule has 1 fully saturated rings. The van der Waals surface area contributed by atoms with Gasteiger partial charge in [0.1, 0.15) is 5.82 Å². The van der Waals surface area contributed by atoms with Crippen LogP contribution in [0.1, 0.15) is 56.2 Å². The normalized spacial score (nSPS) is 13.2. The van der Waals surface area contributed by atoms with Crippen LogP contribution in [-0.2, 0) is 21.2 Å². The Morgan fingerprint density at radius 2 is 1.66 bits per heavy atom. The molecule has 9 nitrogen and oxygen atoms in total. The van der Waals surface area contributed by atoms with Crippen molar-refractivity contribution in [2.45, 2.75) is 56.5 Å². The van der Waals surface area contributed by atoms with Crippen molar-refractivity contribution in [2.24, 2.45) is 0 Å². The maximum absolute atomic E-state index is 14.1. The number of nitrogens with one attached hydrogen (secondary N) is 4. The quantitative estimate of drug-likeness (QED) is 0.250. The van der Waals surface area contributed by atoms with E-state index >= 15 is 0 Å². The van der Waals surface area contributed by atoms with E-state index in [9.17, 15) is 27.7 Å². The number of rotatable bonds is 10. The lowest BCUT2D eigenvalue weighted by atomic mass is 10.0. The molecule has 4 rings (SSSR count). The van der Waals surface area contributed by atoms with Crippen LogP contribution in [0.5, 0.6) is 0 Å². The second-order valence-electron chi connectivity index (χ2n) is 10.4. The molecule has 0 radical (unpaired) electrons. The van der Waals surface area contributed by atoms with Gasteiger partial charge in [0.15, 0.2) is 9.84 Å². The molecular weight excluding hydrogens is 545 g/mol. The maximum Gasteiger partial charge on any atom is 0.323 e. The zero-order valence-electron chi connectivity index (χ0n) is 23.0.